The molecule has 0 N–H and O–H groups in total. The van der Waals surface area contributed by atoms with Gasteiger partial charge in [-0.1, -0.05) is 41.9 Å². The molecule has 0 aliphatic carbocycles. The van der Waals surface area contributed by atoms with Gasteiger partial charge < -0.3 is 9.64 Å². The molecule has 2 aliphatic heterocycles. The van der Waals surface area contributed by atoms with Gasteiger partial charge in [0.1, 0.15) is 5.82 Å². The Kier molecular flexibility index (Phi) is 6.04. The third-order valence-corrected chi connectivity index (χ3v) is 5.91. The minimum atomic E-state index is -2.77. The lowest BCUT2D eigenvalue weighted by molar-refractivity contribution is -0.0161. The lowest BCUT2D eigenvalue weighted by Gasteiger charge is -2.45. The van der Waals surface area contributed by atoms with E-state index in [2.05, 4.69) is 0 Å². The highest BCUT2D eigenvalue weighted by Gasteiger charge is 2.50. The fraction of sp³-hybridized carbons (Fsp3) is 0.409. The first-order chi connectivity index (χ1) is 14.3. The molecule has 30 heavy (non-hydrogen) atoms. The van der Waals surface area contributed by atoms with Crippen LogP contribution in [0.3, 0.4) is 0 Å². The first-order valence-corrected chi connectivity index (χ1v) is 10.2. The van der Waals surface area contributed by atoms with E-state index in [1.54, 1.807) is 9.80 Å². The predicted octanol–water partition coefficient (Wildman–Crippen LogP) is 4.23. The predicted molar refractivity (Wildman–Crippen MR) is 107 cm³/mol. The van der Waals surface area contributed by atoms with E-state index in [4.69, 9.17) is 16.3 Å². The topological polar surface area (TPSA) is 32.8 Å². The zero-order chi connectivity index (χ0) is 21.3. The van der Waals surface area contributed by atoms with Crippen molar-refractivity contribution in [1.82, 2.24) is 9.80 Å². The van der Waals surface area contributed by atoms with Crippen LogP contribution in [0, 0.1) is 5.82 Å². The van der Waals surface area contributed by atoms with Gasteiger partial charge in [0, 0.05) is 37.2 Å². The Balaban J connectivity index is 1.33. The SMILES string of the molecule is O=C(c1ccc(F)c(Cl)c1)N1CC(N2CC(F)(F)C[C@H]2COCc2ccccc2)C1. The fourth-order valence-corrected chi connectivity index (χ4v) is 4.21. The molecule has 2 aromatic rings. The number of benzene rings is 2. The van der Waals surface area contributed by atoms with Gasteiger partial charge in [0.05, 0.1) is 24.8 Å². The smallest absolute Gasteiger partial charge is 0.262 e. The van der Waals surface area contributed by atoms with E-state index in [-0.39, 0.29) is 42.1 Å². The van der Waals surface area contributed by atoms with Gasteiger partial charge in [-0.05, 0) is 23.8 Å². The highest BCUT2D eigenvalue weighted by molar-refractivity contribution is 6.31. The maximum Gasteiger partial charge on any atom is 0.262 e. The summed E-state index contributed by atoms with van der Waals surface area (Å²) in [6.45, 7) is 0.944. The lowest BCUT2D eigenvalue weighted by atomic mass is 10.0. The molecule has 0 radical (unpaired) electrons. The van der Waals surface area contributed by atoms with Crippen LogP contribution < -0.4 is 0 Å². The molecule has 1 atom stereocenters. The number of ether oxygens (including phenoxy) is 1. The molecule has 0 saturated carbocycles. The number of likely N-dealkylation sites (tertiary alicyclic amines) is 2. The molecule has 160 valence electrons. The summed E-state index contributed by atoms with van der Waals surface area (Å²) >= 11 is 5.75. The highest BCUT2D eigenvalue weighted by Crippen LogP contribution is 2.36. The maximum atomic E-state index is 14.1. The number of carbonyl (C=O) groups is 1. The second-order valence-corrected chi connectivity index (χ2v) is 8.29. The average molecular weight is 439 g/mol. The Morgan fingerprint density at radius 2 is 1.90 bits per heavy atom. The van der Waals surface area contributed by atoms with Crippen molar-refractivity contribution in [3.63, 3.8) is 0 Å². The molecule has 4 rings (SSSR count). The number of hydrogen-bond donors (Lipinski definition) is 0. The van der Waals surface area contributed by atoms with Crippen LogP contribution in [0.5, 0.6) is 0 Å². The Morgan fingerprint density at radius 3 is 2.60 bits per heavy atom. The van der Waals surface area contributed by atoms with Crippen molar-refractivity contribution in [1.29, 1.82) is 0 Å². The summed E-state index contributed by atoms with van der Waals surface area (Å²) in [5, 5.41) is -0.118. The summed E-state index contributed by atoms with van der Waals surface area (Å²) in [5.41, 5.74) is 1.28. The number of halogens is 4. The molecule has 0 spiro atoms. The van der Waals surface area contributed by atoms with Gasteiger partial charge >= 0.3 is 0 Å². The van der Waals surface area contributed by atoms with Gasteiger partial charge in [-0.25, -0.2) is 13.2 Å². The zero-order valence-corrected chi connectivity index (χ0v) is 17.0. The van der Waals surface area contributed by atoms with Crippen LogP contribution in [0.1, 0.15) is 22.3 Å². The number of amides is 1. The lowest BCUT2D eigenvalue weighted by Crippen LogP contribution is -2.62. The van der Waals surface area contributed by atoms with Crippen molar-refractivity contribution in [2.75, 3.05) is 26.2 Å². The van der Waals surface area contributed by atoms with Gasteiger partial charge in [-0.15, -0.1) is 0 Å². The number of rotatable bonds is 6. The van der Waals surface area contributed by atoms with E-state index in [1.165, 1.54) is 12.1 Å². The van der Waals surface area contributed by atoms with E-state index in [1.807, 2.05) is 30.3 Å². The summed E-state index contributed by atoms with van der Waals surface area (Å²) in [4.78, 5) is 15.9. The standard InChI is InChI=1S/C22H22ClF3N2O2/c23-19-8-16(6-7-20(19)24)21(29)27-10-18(11-27)28-14-22(25,26)9-17(28)13-30-12-15-4-2-1-3-5-15/h1-8,17-18H,9-14H2/t17-/m0/s1. The van der Waals surface area contributed by atoms with E-state index in [0.717, 1.165) is 11.6 Å². The minimum Gasteiger partial charge on any atom is -0.375 e. The van der Waals surface area contributed by atoms with Crippen molar-refractivity contribution < 1.29 is 22.7 Å². The Bertz CT molecular complexity index is 907. The molecule has 2 heterocycles. The largest absolute Gasteiger partial charge is 0.375 e. The van der Waals surface area contributed by atoms with Crippen molar-refractivity contribution in [3.05, 3.63) is 70.5 Å². The number of hydrogen-bond acceptors (Lipinski definition) is 3. The van der Waals surface area contributed by atoms with E-state index in [9.17, 15) is 18.0 Å². The number of carbonyl (C=O) groups excluding carboxylic acids is 1. The van der Waals surface area contributed by atoms with Crippen LogP contribution >= 0.6 is 11.6 Å². The minimum absolute atomic E-state index is 0.118. The maximum absolute atomic E-state index is 14.1. The quantitative estimate of drug-likeness (QED) is 0.676. The van der Waals surface area contributed by atoms with Crippen LogP contribution in [-0.4, -0.2) is 60.0 Å². The molecule has 0 aromatic heterocycles. The second kappa shape index (κ2) is 8.57. The molecule has 2 fully saturated rings. The first-order valence-electron chi connectivity index (χ1n) is 9.82. The number of nitrogens with zero attached hydrogens (tertiary/aromatic N) is 2. The first kappa shape index (κ1) is 21.2. The molecule has 2 aromatic carbocycles. The molecule has 0 unspecified atom stereocenters. The van der Waals surface area contributed by atoms with Crippen molar-refractivity contribution in [2.24, 2.45) is 0 Å². The van der Waals surface area contributed by atoms with E-state index in [0.29, 0.717) is 19.7 Å². The molecular weight excluding hydrogens is 417 g/mol. The average Bonchev–Trinajstić information content (AvgIpc) is 2.97. The van der Waals surface area contributed by atoms with Gasteiger partial charge in [-0.3, -0.25) is 9.69 Å². The molecule has 0 bridgehead atoms. The molecule has 2 aliphatic rings. The zero-order valence-electron chi connectivity index (χ0n) is 16.2. The summed E-state index contributed by atoms with van der Waals surface area (Å²) in [7, 11) is 0. The molecule has 8 heteroatoms. The third kappa shape index (κ3) is 4.63. The van der Waals surface area contributed by atoms with Crippen LogP contribution in [0.15, 0.2) is 48.5 Å². The van der Waals surface area contributed by atoms with Gasteiger partial charge in [0.25, 0.3) is 11.8 Å². The van der Waals surface area contributed by atoms with Crippen LogP contribution in [-0.2, 0) is 11.3 Å². The van der Waals surface area contributed by atoms with Gasteiger partial charge in [0.2, 0.25) is 0 Å². The Hall–Kier alpha value is -2.09. The second-order valence-electron chi connectivity index (χ2n) is 7.88. The van der Waals surface area contributed by atoms with Crippen molar-refractivity contribution in [3.8, 4) is 0 Å². The molecule has 1 amide bonds. The Labute approximate surface area is 178 Å². The monoisotopic (exact) mass is 438 g/mol. The summed E-state index contributed by atoms with van der Waals surface area (Å²) in [6, 6.07) is 12.8. The molecular formula is C22H22ClF3N2O2. The molecule has 4 nitrogen and oxygen atoms in total. The fourth-order valence-electron chi connectivity index (χ4n) is 4.03. The van der Waals surface area contributed by atoms with Gasteiger partial charge in [0.15, 0.2) is 0 Å². The normalized spacial score (nSPS) is 21.6. The summed E-state index contributed by atoms with van der Waals surface area (Å²) in [5.74, 6) is -3.64. The van der Waals surface area contributed by atoms with Crippen molar-refractivity contribution in [2.45, 2.75) is 31.0 Å². The number of alkyl halides is 2. The van der Waals surface area contributed by atoms with Gasteiger partial charge in [-0.2, -0.15) is 0 Å². The van der Waals surface area contributed by atoms with E-state index >= 15 is 0 Å². The van der Waals surface area contributed by atoms with E-state index < -0.39 is 17.8 Å². The van der Waals surface area contributed by atoms with Crippen LogP contribution in [0.25, 0.3) is 0 Å². The Morgan fingerprint density at radius 1 is 1.17 bits per heavy atom. The summed E-state index contributed by atoms with van der Waals surface area (Å²) in [6.07, 6.45) is -0.250. The van der Waals surface area contributed by atoms with Crippen LogP contribution in [0.2, 0.25) is 5.02 Å². The van der Waals surface area contributed by atoms with Crippen molar-refractivity contribution >= 4 is 17.5 Å². The third-order valence-electron chi connectivity index (χ3n) is 5.62. The highest BCUT2D eigenvalue weighted by atomic mass is 35.5. The molecule has 2 saturated heterocycles. The van der Waals surface area contributed by atoms with Crippen LogP contribution in [0.4, 0.5) is 13.2 Å². The summed E-state index contributed by atoms with van der Waals surface area (Å²) < 4.78 is 47.2.